The Morgan fingerprint density at radius 2 is 0.627 bits per heavy atom. The van der Waals surface area contributed by atoms with Crippen molar-refractivity contribution in [3.63, 3.8) is 0 Å². The molecule has 0 bridgehead atoms. The first-order valence-electron chi connectivity index (χ1n) is 55.1. The molecular weight excluding hydrogens is 1860 g/mol. The maximum absolute atomic E-state index is 12.5. The van der Waals surface area contributed by atoms with Gasteiger partial charge in [0.25, 0.3) is 29.3 Å². The molecule has 2 aliphatic rings. The Bertz CT molecular complexity index is 5930. The maximum Gasteiger partial charge on any atom is 0.319 e. The molecule has 10 aromatic carbocycles. The summed E-state index contributed by atoms with van der Waals surface area (Å²) in [6.45, 7) is 80.0. The van der Waals surface area contributed by atoms with Crippen molar-refractivity contribution in [3.8, 4) is 0 Å². The molecule has 10 aromatic rings. The summed E-state index contributed by atoms with van der Waals surface area (Å²) in [5.74, 6) is 7.47. The Kier molecular flexibility index (Phi) is 53.7. The van der Waals surface area contributed by atoms with Crippen LogP contribution in [0.25, 0.3) is 0 Å². The fourth-order valence-corrected chi connectivity index (χ4v) is 18.1. The molecule has 20 nitrogen and oxygen atoms in total. The minimum absolute atomic E-state index is 0.0159. The van der Waals surface area contributed by atoms with E-state index in [1.54, 1.807) is 12.1 Å². The number of carbonyl (C=O) groups is 7. The lowest BCUT2D eigenvalue weighted by molar-refractivity contribution is -0.385. The fourth-order valence-electron chi connectivity index (χ4n) is 18.1. The Balaban J connectivity index is 0.000000302. The second-order valence-corrected chi connectivity index (χ2v) is 45.0. The number of nitrogens with one attached hydrogen (secondary N) is 7. The van der Waals surface area contributed by atoms with E-state index < -0.39 is 6.03 Å². The van der Waals surface area contributed by atoms with Crippen LogP contribution in [-0.2, 0) is 9.53 Å². The molecule has 1 heterocycles. The van der Waals surface area contributed by atoms with Crippen molar-refractivity contribution in [1.29, 1.82) is 0 Å². The van der Waals surface area contributed by atoms with E-state index in [1.165, 1.54) is 89.9 Å². The number of rotatable bonds is 30. The van der Waals surface area contributed by atoms with E-state index in [0.29, 0.717) is 139 Å². The summed E-state index contributed by atoms with van der Waals surface area (Å²) in [5, 5.41) is 31.1. The minimum atomic E-state index is -0.521. The van der Waals surface area contributed by atoms with E-state index in [1.807, 2.05) is 160 Å². The number of benzene rings is 10. The number of nitro benzene ring substituents is 1. The van der Waals surface area contributed by atoms with Crippen LogP contribution in [0.1, 0.15) is 512 Å². The molecule has 1 aliphatic heterocycles. The average Bonchev–Trinajstić information content (AvgIpc) is 0.811. The number of non-ortho nitro benzene ring substituents is 1. The van der Waals surface area contributed by atoms with Crippen molar-refractivity contribution in [1.82, 2.24) is 20.9 Å². The van der Waals surface area contributed by atoms with Gasteiger partial charge in [-0.25, -0.2) is 9.59 Å². The van der Waals surface area contributed by atoms with Gasteiger partial charge in [0.2, 0.25) is 5.91 Å². The van der Waals surface area contributed by atoms with E-state index in [9.17, 15) is 43.7 Å². The molecule has 1 saturated carbocycles. The third kappa shape index (κ3) is 41.3. The zero-order valence-corrected chi connectivity index (χ0v) is 97.8. The van der Waals surface area contributed by atoms with Crippen LogP contribution in [0.4, 0.5) is 38.0 Å². The van der Waals surface area contributed by atoms with Gasteiger partial charge in [-0.1, -0.05) is 326 Å². The van der Waals surface area contributed by atoms with Crippen LogP contribution >= 0.6 is 0 Å². The number of ether oxygens (including phenoxy) is 1. The summed E-state index contributed by atoms with van der Waals surface area (Å²) in [5.41, 5.74) is 33.5. The predicted octanol–water partition coefficient (Wildman–Crippen LogP) is 34.2. The van der Waals surface area contributed by atoms with E-state index in [4.69, 9.17) is 10.5 Å². The monoisotopic (exact) mass is 2050 g/mol. The highest BCUT2D eigenvalue weighted by atomic mass is 16.6. The standard InChI is InChI=1S/C21H28N2O.C19H23NO.C17H25NO2.C17H25NO.C16H25NO.C15H23NO.C13H20N2O.C12H17NO2/c1-14(2)19-12-11-18(13-20(19)15(3)4)23-21(24)22-16(5)17-9-7-6-8-10-17;1-13(2)17-11-10-15(12-18(17)14(3)4)19(21)20-16-8-6-5-7-9-16;1-12(2)15-6-5-14(11-16(15)13(3)4)17(19)18-7-9-20-10-8-18;1-11(2)15-9-8-13(10-16(15)12(3)4)17(19)18-14-6-5-7-14;1-10(2)14-8-7-13(9-15(14)11(3)4)16(18)17-12(5)6;1-6-15(17)16-12-7-8-13(10(2)3)14(9-12)11(4)5;1-8(2)11-6-5-10(15-13(14)16)7-12(11)9(3)4;1-8(2)11-6-5-10(13(14)15)7-12(11)9(3)4/h6-16H,1-5H3,(H2,22,23,24);5-14H,1-4H3,(H,20,21);5-6,11-13H,7-10H2,1-4H3;8-12,14H,5-7H2,1-4H3,(H,18,19);7-12H,1-6H3,(H,17,18);7-11H,6H2,1-5H3,(H,16,17);5-9H,1-4H3,(H3,14,15,16);5-9H,1-4H3. The van der Waals surface area contributed by atoms with Crippen molar-refractivity contribution in [2.24, 2.45) is 5.73 Å². The third-order valence-electron chi connectivity index (χ3n) is 26.8. The summed E-state index contributed by atoms with van der Waals surface area (Å²) < 4.78 is 5.30. The number of primary amides is 1. The molecule has 9 amide bonds. The number of nitro groups is 1. The largest absolute Gasteiger partial charge is 0.378 e. The maximum atomic E-state index is 12.5. The molecule has 20 heteroatoms. The van der Waals surface area contributed by atoms with Gasteiger partial charge in [0.15, 0.2) is 0 Å². The van der Waals surface area contributed by atoms with Crippen LogP contribution in [0.15, 0.2) is 206 Å². The van der Waals surface area contributed by atoms with Gasteiger partial charge in [0.05, 0.1) is 24.2 Å². The van der Waals surface area contributed by atoms with Gasteiger partial charge in [-0.05, 0) is 326 Å². The first kappa shape index (κ1) is 128. The summed E-state index contributed by atoms with van der Waals surface area (Å²) in [6.07, 6.45) is 4.02. The lowest BCUT2D eigenvalue weighted by Gasteiger charge is -2.27. The number of hydrogen-bond donors (Lipinski definition) is 8. The Labute approximate surface area is 902 Å². The van der Waals surface area contributed by atoms with Gasteiger partial charge in [0.1, 0.15) is 0 Å². The number of hydrogen-bond acceptors (Lipinski definition) is 10. The molecule has 0 radical (unpaired) electrons. The predicted molar refractivity (Wildman–Crippen MR) is 632 cm³/mol. The molecular formula is C130H186N10O10. The van der Waals surface area contributed by atoms with Gasteiger partial charge < -0.3 is 52.6 Å². The topological polar surface area (TPSA) is 285 Å². The Hall–Kier alpha value is -12.6. The van der Waals surface area contributed by atoms with Gasteiger partial charge in [-0.2, -0.15) is 0 Å². The highest BCUT2D eigenvalue weighted by Gasteiger charge is 2.27. The fraction of sp³-hybridized carbons (Fsp3) is 0.485. The number of urea groups is 2. The summed E-state index contributed by atoms with van der Waals surface area (Å²) in [4.78, 5) is 95.7. The molecule has 0 aromatic heterocycles. The molecule has 12 rings (SSSR count). The SMILES string of the molecule is CC(C)NC(=O)c1ccc(C(C)C)c(C(C)C)c1.CC(C)c1ccc(C(=O)N2CCOCC2)cc1C(C)C.CC(C)c1ccc(C(=O)NC2CCC2)cc1C(C)C.CC(C)c1ccc(C(=O)Nc2ccccc2)cc1C(C)C.CC(C)c1ccc(NC(=O)NC(C)c2ccccc2)cc1C(C)C.CC(C)c1ccc(NC(N)=O)cc1C(C)C.CC(C)c1ccc([N+](=O)[O-])cc1C(C)C.CCC(=O)Nc1ccc(C(C)C)c(C(C)C)c1. The molecule has 9 N–H and O–H groups in total. The van der Waals surface area contributed by atoms with Gasteiger partial charge in [0, 0.05) is 88.7 Å². The van der Waals surface area contributed by atoms with Crippen molar-refractivity contribution in [3.05, 3.63) is 333 Å². The number of para-hydroxylation sites is 1. The van der Waals surface area contributed by atoms with Crippen molar-refractivity contribution in [2.45, 2.75) is 388 Å². The molecule has 150 heavy (non-hydrogen) atoms. The number of morpholine rings is 1. The molecule has 1 atom stereocenters. The lowest BCUT2D eigenvalue weighted by Crippen LogP contribution is -2.40. The van der Waals surface area contributed by atoms with Crippen LogP contribution in [-0.4, -0.2) is 89.8 Å². The molecule has 0 spiro atoms. The van der Waals surface area contributed by atoms with E-state index in [-0.39, 0.29) is 58.3 Å². The number of amides is 9. The normalized spacial score (nSPS) is 12.5. The van der Waals surface area contributed by atoms with Crippen LogP contribution < -0.4 is 43.0 Å². The summed E-state index contributed by atoms with van der Waals surface area (Å²) in [7, 11) is 0. The second-order valence-electron chi connectivity index (χ2n) is 45.0. The Morgan fingerprint density at radius 3 is 0.953 bits per heavy atom. The van der Waals surface area contributed by atoms with Crippen LogP contribution in [0.2, 0.25) is 0 Å². The molecule has 1 aliphatic carbocycles. The average molecular weight is 2050 g/mol. The molecule has 1 saturated heterocycles. The second kappa shape index (κ2) is 62.9. The molecule has 2 fully saturated rings. The third-order valence-corrected chi connectivity index (χ3v) is 26.8. The van der Waals surface area contributed by atoms with Gasteiger partial charge in [-0.3, -0.25) is 34.1 Å². The lowest BCUT2D eigenvalue weighted by atomic mass is 9.88. The van der Waals surface area contributed by atoms with Crippen LogP contribution in [0.5, 0.6) is 0 Å². The first-order valence-corrected chi connectivity index (χ1v) is 55.1. The zero-order chi connectivity index (χ0) is 113. The van der Waals surface area contributed by atoms with E-state index in [2.05, 4.69) is 326 Å². The van der Waals surface area contributed by atoms with Crippen LogP contribution in [0.3, 0.4) is 0 Å². The van der Waals surface area contributed by atoms with Crippen molar-refractivity contribution >= 4 is 70.0 Å². The first-order chi connectivity index (χ1) is 70.5. The smallest absolute Gasteiger partial charge is 0.319 e. The van der Waals surface area contributed by atoms with E-state index >= 15 is 0 Å². The highest BCUT2D eigenvalue weighted by Crippen LogP contribution is 2.38. The van der Waals surface area contributed by atoms with Crippen LogP contribution in [0, 0.1) is 10.1 Å². The quantitative estimate of drug-likeness (QED) is 0.0156. The Morgan fingerprint density at radius 1 is 0.327 bits per heavy atom. The number of nitrogens with zero attached hydrogens (tertiary/aromatic N) is 2. The summed E-state index contributed by atoms with van der Waals surface area (Å²) >= 11 is 0. The van der Waals surface area contributed by atoms with Gasteiger partial charge >= 0.3 is 12.1 Å². The van der Waals surface area contributed by atoms with Crippen molar-refractivity contribution in [2.75, 3.05) is 47.6 Å². The van der Waals surface area contributed by atoms with Gasteiger partial charge in [-0.15, -0.1) is 0 Å². The molecule has 816 valence electrons. The minimum Gasteiger partial charge on any atom is -0.378 e. The van der Waals surface area contributed by atoms with Crippen molar-refractivity contribution < 1.29 is 43.2 Å². The summed E-state index contributed by atoms with van der Waals surface area (Å²) in [6, 6.07) is 67.3. The number of anilines is 4. The molecule has 1 unspecified atom stereocenters. The van der Waals surface area contributed by atoms with E-state index in [0.717, 1.165) is 63.4 Å². The highest BCUT2D eigenvalue weighted by molar-refractivity contribution is 6.04. The number of carbonyl (C=O) groups excluding carboxylic acids is 7. The number of nitrogens with two attached hydrogens (primary N) is 1. The zero-order valence-electron chi connectivity index (χ0n) is 97.8.